The highest BCUT2D eigenvalue weighted by Gasteiger charge is 2.11. The molecule has 90 valence electrons. The Morgan fingerprint density at radius 2 is 2.00 bits per heavy atom. The fourth-order valence-electron chi connectivity index (χ4n) is 1.41. The predicted molar refractivity (Wildman–Crippen MR) is 66.0 cm³/mol. The average Bonchev–Trinajstić information content (AvgIpc) is 2.80. The van der Waals surface area contributed by atoms with Crippen molar-refractivity contribution in [1.82, 2.24) is 15.5 Å². The molecule has 2 aromatic rings. The van der Waals surface area contributed by atoms with Gasteiger partial charge in [-0.05, 0) is 31.7 Å². The lowest BCUT2D eigenvalue weighted by atomic mass is 10.1. The first-order valence-corrected chi connectivity index (χ1v) is 5.81. The molecule has 1 atom stereocenters. The first-order valence-electron chi connectivity index (χ1n) is 5.43. The van der Waals surface area contributed by atoms with Crippen LogP contribution in [0.1, 0.15) is 30.3 Å². The van der Waals surface area contributed by atoms with Crippen LogP contribution in [0.5, 0.6) is 0 Å². The van der Waals surface area contributed by atoms with Crippen LogP contribution in [0, 0.1) is 0 Å². The van der Waals surface area contributed by atoms with Gasteiger partial charge in [0.1, 0.15) is 0 Å². The van der Waals surface area contributed by atoms with Crippen LogP contribution in [-0.2, 0) is 6.42 Å². The Morgan fingerprint density at radius 3 is 2.65 bits per heavy atom. The SMILES string of the molecule is CNC(C)c1nnc(Cc2ccc(Cl)cc2)o1. The van der Waals surface area contributed by atoms with E-state index in [0.717, 1.165) is 10.6 Å². The van der Waals surface area contributed by atoms with Crippen molar-refractivity contribution < 1.29 is 4.42 Å². The maximum atomic E-state index is 5.82. The monoisotopic (exact) mass is 251 g/mol. The van der Waals surface area contributed by atoms with Gasteiger partial charge in [-0.1, -0.05) is 23.7 Å². The lowest BCUT2D eigenvalue weighted by Crippen LogP contribution is -2.12. The smallest absolute Gasteiger partial charge is 0.233 e. The van der Waals surface area contributed by atoms with E-state index < -0.39 is 0 Å². The fourth-order valence-corrected chi connectivity index (χ4v) is 1.54. The van der Waals surface area contributed by atoms with Gasteiger partial charge in [-0.2, -0.15) is 0 Å². The second-order valence-electron chi connectivity index (χ2n) is 3.85. The topological polar surface area (TPSA) is 51.0 Å². The van der Waals surface area contributed by atoms with Crippen molar-refractivity contribution in [2.75, 3.05) is 7.05 Å². The molecule has 5 heteroatoms. The summed E-state index contributed by atoms with van der Waals surface area (Å²) in [4.78, 5) is 0. The zero-order valence-corrected chi connectivity index (χ0v) is 10.5. The van der Waals surface area contributed by atoms with Crippen molar-refractivity contribution in [2.24, 2.45) is 0 Å². The Balaban J connectivity index is 2.08. The number of benzene rings is 1. The Kier molecular flexibility index (Phi) is 3.76. The van der Waals surface area contributed by atoms with Crippen LogP contribution in [0.15, 0.2) is 28.7 Å². The average molecular weight is 252 g/mol. The van der Waals surface area contributed by atoms with Crippen LogP contribution in [-0.4, -0.2) is 17.2 Å². The molecule has 0 amide bonds. The quantitative estimate of drug-likeness (QED) is 0.908. The minimum atomic E-state index is 0.0708. The van der Waals surface area contributed by atoms with Crippen LogP contribution >= 0.6 is 11.6 Å². The van der Waals surface area contributed by atoms with Gasteiger partial charge in [-0.25, -0.2) is 0 Å². The second-order valence-corrected chi connectivity index (χ2v) is 4.28. The van der Waals surface area contributed by atoms with E-state index in [1.54, 1.807) is 0 Å². The molecule has 1 heterocycles. The van der Waals surface area contributed by atoms with Gasteiger partial charge < -0.3 is 9.73 Å². The molecule has 0 saturated carbocycles. The number of hydrogen-bond donors (Lipinski definition) is 1. The first kappa shape index (κ1) is 12.1. The Labute approximate surface area is 105 Å². The fraction of sp³-hybridized carbons (Fsp3) is 0.333. The molecule has 1 aromatic carbocycles. The number of rotatable bonds is 4. The van der Waals surface area contributed by atoms with E-state index in [2.05, 4.69) is 15.5 Å². The molecule has 0 aliphatic heterocycles. The van der Waals surface area contributed by atoms with Crippen molar-refractivity contribution in [3.05, 3.63) is 46.6 Å². The van der Waals surface area contributed by atoms with Crippen molar-refractivity contribution in [1.29, 1.82) is 0 Å². The second kappa shape index (κ2) is 5.29. The Morgan fingerprint density at radius 1 is 1.29 bits per heavy atom. The Bertz CT molecular complexity index is 481. The summed E-state index contributed by atoms with van der Waals surface area (Å²) in [6, 6.07) is 7.68. The molecule has 2 rings (SSSR count). The third kappa shape index (κ3) is 3.05. The van der Waals surface area contributed by atoms with Crippen molar-refractivity contribution in [2.45, 2.75) is 19.4 Å². The molecular formula is C12H14ClN3O. The summed E-state index contributed by atoms with van der Waals surface area (Å²) in [7, 11) is 1.85. The van der Waals surface area contributed by atoms with Gasteiger partial charge in [0.25, 0.3) is 0 Å². The highest BCUT2D eigenvalue weighted by Crippen LogP contribution is 2.15. The molecule has 0 radical (unpaired) electrons. The predicted octanol–water partition coefficient (Wildman–Crippen LogP) is 2.59. The highest BCUT2D eigenvalue weighted by atomic mass is 35.5. The minimum absolute atomic E-state index is 0.0708. The molecule has 17 heavy (non-hydrogen) atoms. The number of aromatic nitrogens is 2. The molecule has 0 aliphatic rings. The maximum absolute atomic E-state index is 5.82. The molecule has 0 aliphatic carbocycles. The number of halogens is 1. The third-order valence-electron chi connectivity index (χ3n) is 2.55. The van der Waals surface area contributed by atoms with Gasteiger partial charge in [0.2, 0.25) is 11.8 Å². The van der Waals surface area contributed by atoms with Crippen LogP contribution in [0.25, 0.3) is 0 Å². The van der Waals surface area contributed by atoms with Crippen LogP contribution < -0.4 is 5.32 Å². The molecule has 0 saturated heterocycles. The molecule has 1 N–H and O–H groups in total. The standard InChI is InChI=1S/C12H14ClN3O/c1-8(14-2)12-16-15-11(17-12)7-9-3-5-10(13)6-4-9/h3-6,8,14H,7H2,1-2H3. The van der Waals surface area contributed by atoms with Gasteiger partial charge in [0.15, 0.2) is 0 Å². The molecule has 4 nitrogen and oxygen atoms in total. The van der Waals surface area contributed by atoms with E-state index in [9.17, 15) is 0 Å². The van der Waals surface area contributed by atoms with Crippen LogP contribution in [0.4, 0.5) is 0 Å². The van der Waals surface area contributed by atoms with Crippen molar-refractivity contribution in [3.8, 4) is 0 Å². The summed E-state index contributed by atoms with van der Waals surface area (Å²) in [5.41, 5.74) is 1.10. The zero-order chi connectivity index (χ0) is 12.3. The molecule has 0 bridgehead atoms. The van der Waals surface area contributed by atoms with Crippen molar-refractivity contribution in [3.63, 3.8) is 0 Å². The van der Waals surface area contributed by atoms with Gasteiger partial charge in [0, 0.05) is 5.02 Å². The van der Waals surface area contributed by atoms with E-state index in [-0.39, 0.29) is 6.04 Å². The summed E-state index contributed by atoms with van der Waals surface area (Å²) >= 11 is 5.82. The van der Waals surface area contributed by atoms with E-state index in [1.165, 1.54) is 0 Å². The summed E-state index contributed by atoms with van der Waals surface area (Å²) in [6.07, 6.45) is 0.626. The van der Waals surface area contributed by atoms with Crippen molar-refractivity contribution >= 4 is 11.6 Å². The van der Waals surface area contributed by atoms with E-state index in [4.69, 9.17) is 16.0 Å². The van der Waals surface area contributed by atoms with Gasteiger partial charge >= 0.3 is 0 Å². The maximum Gasteiger partial charge on any atom is 0.233 e. The van der Waals surface area contributed by atoms with E-state index in [0.29, 0.717) is 18.2 Å². The summed E-state index contributed by atoms with van der Waals surface area (Å²) in [5.74, 6) is 1.22. The summed E-state index contributed by atoms with van der Waals surface area (Å²) in [5, 5.41) is 11.8. The number of nitrogens with zero attached hydrogens (tertiary/aromatic N) is 2. The lowest BCUT2D eigenvalue weighted by Gasteiger charge is -2.02. The highest BCUT2D eigenvalue weighted by molar-refractivity contribution is 6.30. The largest absolute Gasteiger partial charge is 0.423 e. The minimum Gasteiger partial charge on any atom is -0.423 e. The number of nitrogens with one attached hydrogen (secondary N) is 1. The molecule has 1 unspecified atom stereocenters. The van der Waals surface area contributed by atoms with E-state index in [1.807, 2.05) is 38.2 Å². The third-order valence-corrected chi connectivity index (χ3v) is 2.81. The number of hydrogen-bond acceptors (Lipinski definition) is 4. The molecule has 0 spiro atoms. The first-order chi connectivity index (χ1) is 8.19. The lowest BCUT2D eigenvalue weighted by molar-refractivity contribution is 0.410. The Hall–Kier alpha value is -1.39. The molecule has 0 fully saturated rings. The zero-order valence-electron chi connectivity index (χ0n) is 9.77. The van der Waals surface area contributed by atoms with E-state index >= 15 is 0 Å². The van der Waals surface area contributed by atoms with Gasteiger partial charge in [-0.15, -0.1) is 10.2 Å². The van der Waals surface area contributed by atoms with Crippen LogP contribution in [0.2, 0.25) is 5.02 Å². The van der Waals surface area contributed by atoms with Gasteiger partial charge in [-0.3, -0.25) is 0 Å². The van der Waals surface area contributed by atoms with Crippen LogP contribution in [0.3, 0.4) is 0 Å². The van der Waals surface area contributed by atoms with Gasteiger partial charge in [0.05, 0.1) is 12.5 Å². The molecular weight excluding hydrogens is 238 g/mol. The molecule has 1 aromatic heterocycles. The summed E-state index contributed by atoms with van der Waals surface area (Å²) < 4.78 is 5.55. The summed E-state index contributed by atoms with van der Waals surface area (Å²) in [6.45, 7) is 1.97. The normalized spacial score (nSPS) is 12.6.